The van der Waals surface area contributed by atoms with E-state index in [1.165, 1.54) is 0 Å². The van der Waals surface area contributed by atoms with Gasteiger partial charge in [0.2, 0.25) is 0 Å². The first-order valence-corrected chi connectivity index (χ1v) is 4.25. The molecular weight excluding hydrogens is 234 g/mol. The van der Waals surface area contributed by atoms with Crippen molar-refractivity contribution >= 4 is 17.9 Å². The molecule has 0 aliphatic carbocycles. The Morgan fingerprint density at radius 3 is 2.41 bits per heavy atom. The minimum Gasteiger partial charge on any atom is -0.481 e. The Hall–Kier alpha value is -2.54. The first-order chi connectivity index (χ1) is 7.88. The normalized spacial score (nSPS) is 12.7. The summed E-state index contributed by atoms with van der Waals surface area (Å²) in [6.45, 7) is 3.04. The van der Waals surface area contributed by atoms with E-state index >= 15 is 0 Å². The summed E-state index contributed by atoms with van der Waals surface area (Å²) in [7, 11) is 0. The van der Waals surface area contributed by atoms with Crippen LogP contribution in [0.2, 0.25) is 0 Å². The molecule has 92 valence electrons. The average molecular weight is 243 g/mol. The van der Waals surface area contributed by atoms with E-state index in [1.807, 2.05) is 0 Å². The molecule has 0 amide bonds. The fraction of sp³-hybridized carbons (Fsp3) is 0.375. The molecule has 0 spiro atoms. The third kappa shape index (κ3) is 4.22. The zero-order chi connectivity index (χ0) is 13.5. The monoisotopic (exact) mass is 243 g/mol. The summed E-state index contributed by atoms with van der Waals surface area (Å²) in [6, 6.07) is 0. The number of carboxylic acids is 2. The smallest absolute Gasteiger partial charge is 0.354 e. The van der Waals surface area contributed by atoms with Gasteiger partial charge in [-0.3, -0.25) is 4.79 Å². The van der Waals surface area contributed by atoms with Gasteiger partial charge in [-0.15, -0.1) is 0 Å². The highest BCUT2D eigenvalue weighted by Crippen LogP contribution is 2.22. The molecule has 0 fully saturated rings. The molecule has 0 aliphatic heterocycles. The van der Waals surface area contributed by atoms with Crippen molar-refractivity contribution in [3.8, 4) is 0 Å². The highest BCUT2D eigenvalue weighted by atomic mass is 16.6. The molecule has 0 radical (unpaired) electrons. The third-order valence-corrected chi connectivity index (χ3v) is 1.65. The molecule has 0 heterocycles. The van der Waals surface area contributed by atoms with E-state index in [-0.39, 0.29) is 0 Å². The van der Waals surface area contributed by atoms with Gasteiger partial charge in [0.25, 0.3) is 5.72 Å². The molecule has 0 aromatic rings. The van der Waals surface area contributed by atoms with Crippen LogP contribution in [-0.2, 0) is 19.1 Å². The lowest BCUT2D eigenvalue weighted by Gasteiger charge is -2.22. The predicted octanol–water partition coefficient (Wildman–Crippen LogP) is 0.672. The minimum atomic E-state index is -2.57. The first kappa shape index (κ1) is 14.5. The fourth-order valence-corrected chi connectivity index (χ4v) is 0.871. The number of hydrogen-bond donors (Lipinski definition) is 2. The lowest BCUT2D eigenvalue weighted by molar-refractivity contribution is -0.176. The van der Waals surface area contributed by atoms with Gasteiger partial charge in [-0.2, -0.15) is 0 Å². The van der Waals surface area contributed by atoms with Crippen molar-refractivity contribution in [2.75, 3.05) is 0 Å². The molecule has 0 bridgehead atoms. The van der Waals surface area contributed by atoms with E-state index < -0.39 is 36.5 Å². The number of nitrogens with zero attached hydrogens (tertiary/aromatic N) is 3. The standard InChI is InChI=1S/C8H9N3O6/c1-2-6(14)17-8(7(15)16,10-11-9)4-3-5(12)13/h2H,1,3-4H2,(H,12,13)(H,15,16). The maximum absolute atomic E-state index is 10.9. The Bertz CT molecular complexity index is 396. The van der Waals surface area contributed by atoms with Crippen LogP contribution in [0.15, 0.2) is 17.8 Å². The van der Waals surface area contributed by atoms with Gasteiger partial charge in [0.05, 0.1) is 0 Å². The lowest BCUT2D eigenvalue weighted by Crippen LogP contribution is -2.41. The minimum absolute atomic E-state index is 0.643. The molecule has 17 heavy (non-hydrogen) atoms. The molecule has 0 aliphatic rings. The van der Waals surface area contributed by atoms with Crippen molar-refractivity contribution in [2.45, 2.75) is 18.6 Å². The van der Waals surface area contributed by atoms with E-state index in [0.29, 0.717) is 6.08 Å². The van der Waals surface area contributed by atoms with Crippen molar-refractivity contribution in [2.24, 2.45) is 5.11 Å². The van der Waals surface area contributed by atoms with Crippen LogP contribution in [0.5, 0.6) is 0 Å². The largest absolute Gasteiger partial charge is 0.481 e. The Labute approximate surface area is 94.9 Å². The first-order valence-electron chi connectivity index (χ1n) is 4.25. The van der Waals surface area contributed by atoms with Gasteiger partial charge in [0, 0.05) is 23.8 Å². The zero-order valence-corrected chi connectivity index (χ0v) is 8.57. The molecular formula is C8H9N3O6. The van der Waals surface area contributed by atoms with Gasteiger partial charge < -0.3 is 14.9 Å². The number of carbonyl (C=O) groups is 3. The van der Waals surface area contributed by atoms with E-state index in [9.17, 15) is 14.4 Å². The number of carboxylic acid groups (broad SMARTS) is 2. The van der Waals surface area contributed by atoms with E-state index in [0.717, 1.165) is 0 Å². The van der Waals surface area contributed by atoms with Crippen LogP contribution in [0.3, 0.4) is 0 Å². The molecule has 0 saturated carbocycles. The number of esters is 1. The maximum atomic E-state index is 10.9. The Balaban J connectivity index is 5.18. The maximum Gasteiger partial charge on any atom is 0.354 e. The molecule has 2 N–H and O–H groups in total. The van der Waals surface area contributed by atoms with Gasteiger partial charge in [0.1, 0.15) is 0 Å². The number of carbonyl (C=O) groups excluding carboxylic acids is 1. The second-order valence-corrected chi connectivity index (χ2v) is 2.80. The quantitative estimate of drug-likeness (QED) is 0.220. The second-order valence-electron chi connectivity index (χ2n) is 2.80. The Morgan fingerprint density at radius 1 is 1.47 bits per heavy atom. The summed E-state index contributed by atoms with van der Waals surface area (Å²) in [6.07, 6.45) is -0.650. The lowest BCUT2D eigenvalue weighted by atomic mass is 10.1. The fourth-order valence-electron chi connectivity index (χ4n) is 0.871. The third-order valence-electron chi connectivity index (χ3n) is 1.65. The summed E-state index contributed by atoms with van der Waals surface area (Å²) in [5, 5.41) is 20.1. The van der Waals surface area contributed by atoms with Gasteiger partial charge in [-0.1, -0.05) is 6.58 Å². The summed E-state index contributed by atoms with van der Waals surface area (Å²) in [4.78, 5) is 34.4. The van der Waals surface area contributed by atoms with Crippen molar-refractivity contribution in [1.82, 2.24) is 0 Å². The molecule has 0 aromatic carbocycles. The molecule has 0 aromatic heterocycles. The van der Waals surface area contributed by atoms with Crippen LogP contribution in [0, 0.1) is 0 Å². The van der Waals surface area contributed by atoms with E-state index in [1.54, 1.807) is 0 Å². The molecule has 9 heteroatoms. The Kier molecular flexibility index (Phi) is 5.22. The van der Waals surface area contributed by atoms with Crippen LogP contribution in [-0.4, -0.2) is 33.8 Å². The SMILES string of the molecule is C=CC(=O)OC(CCC(=O)O)(N=[N+]=[N-])C(=O)O. The summed E-state index contributed by atoms with van der Waals surface area (Å²) in [5.41, 5.74) is 5.66. The predicted molar refractivity (Wildman–Crippen MR) is 52.7 cm³/mol. The van der Waals surface area contributed by atoms with Crippen LogP contribution in [0.25, 0.3) is 10.4 Å². The number of rotatable bonds is 7. The topological polar surface area (TPSA) is 150 Å². The molecule has 0 saturated heterocycles. The Morgan fingerprint density at radius 2 is 2.06 bits per heavy atom. The van der Waals surface area contributed by atoms with Crippen LogP contribution < -0.4 is 0 Å². The van der Waals surface area contributed by atoms with Crippen LogP contribution in [0.4, 0.5) is 0 Å². The van der Waals surface area contributed by atoms with Crippen molar-refractivity contribution in [3.05, 3.63) is 23.1 Å². The summed E-state index contributed by atoms with van der Waals surface area (Å²) < 4.78 is 4.40. The highest BCUT2D eigenvalue weighted by molar-refractivity contribution is 5.87. The van der Waals surface area contributed by atoms with E-state index in [4.69, 9.17) is 15.7 Å². The average Bonchev–Trinajstić information content (AvgIpc) is 2.25. The number of azide groups is 1. The second kappa shape index (κ2) is 6.13. The molecule has 1 atom stereocenters. The van der Waals surface area contributed by atoms with Crippen LogP contribution in [0.1, 0.15) is 12.8 Å². The van der Waals surface area contributed by atoms with Gasteiger partial charge in [-0.25, -0.2) is 9.59 Å². The number of aliphatic carboxylic acids is 2. The highest BCUT2D eigenvalue weighted by Gasteiger charge is 2.42. The van der Waals surface area contributed by atoms with Crippen molar-refractivity contribution in [1.29, 1.82) is 0 Å². The number of hydrogen-bond acceptors (Lipinski definition) is 5. The van der Waals surface area contributed by atoms with Crippen LogP contribution >= 0.6 is 0 Å². The zero-order valence-electron chi connectivity index (χ0n) is 8.57. The van der Waals surface area contributed by atoms with Gasteiger partial charge >= 0.3 is 17.9 Å². The van der Waals surface area contributed by atoms with E-state index in [2.05, 4.69) is 21.3 Å². The van der Waals surface area contributed by atoms with Gasteiger partial charge in [-0.05, 0) is 10.6 Å². The molecule has 1 unspecified atom stereocenters. The summed E-state index contributed by atoms with van der Waals surface area (Å²) in [5.74, 6) is -4.21. The van der Waals surface area contributed by atoms with Crippen molar-refractivity contribution < 1.29 is 29.3 Å². The van der Waals surface area contributed by atoms with Gasteiger partial charge in [0.15, 0.2) is 0 Å². The van der Waals surface area contributed by atoms with Crippen molar-refractivity contribution in [3.63, 3.8) is 0 Å². The summed E-state index contributed by atoms with van der Waals surface area (Å²) >= 11 is 0. The molecule has 0 rings (SSSR count). The number of ether oxygens (including phenoxy) is 1. The molecule has 9 nitrogen and oxygen atoms in total.